The van der Waals surface area contributed by atoms with Crippen molar-refractivity contribution >= 4 is 0 Å². The molecule has 1 fully saturated rings. The second kappa shape index (κ2) is 4.55. The average Bonchev–Trinajstić information content (AvgIpc) is 2.97. The lowest BCUT2D eigenvalue weighted by molar-refractivity contribution is 0.157. The van der Waals surface area contributed by atoms with Crippen LogP contribution >= 0.6 is 0 Å². The lowest BCUT2D eigenvalue weighted by atomic mass is 9.99. The van der Waals surface area contributed by atoms with E-state index in [4.69, 9.17) is 0 Å². The van der Waals surface area contributed by atoms with E-state index in [1.54, 1.807) is 0 Å². The van der Waals surface area contributed by atoms with Crippen molar-refractivity contribution in [1.29, 1.82) is 0 Å². The number of rotatable bonds is 6. The van der Waals surface area contributed by atoms with E-state index in [1.165, 1.54) is 12.8 Å². The molecule has 2 rings (SSSR count). The molecule has 1 aromatic heterocycles. The highest BCUT2D eigenvalue weighted by Gasteiger charge is 2.31. The smallest absolute Gasteiger partial charge is 0.0611 e. The van der Waals surface area contributed by atoms with Gasteiger partial charge >= 0.3 is 0 Å². The van der Waals surface area contributed by atoms with Gasteiger partial charge in [-0.1, -0.05) is 0 Å². The summed E-state index contributed by atoms with van der Waals surface area (Å²) in [7, 11) is 0. The Labute approximate surface area is 96.7 Å². The first-order chi connectivity index (χ1) is 7.61. The van der Waals surface area contributed by atoms with Crippen LogP contribution in [0.1, 0.15) is 31.9 Å². The van der Waals surface area contributed by atoms with Crippen molar-refractivity contribution in [3.63, 3.8) is 0 Å². The van der Waals surface area contributed by atoms with Gasteiger partial charge in [-0.25, -0.2) is 0 Å². The van der Waals surface area contributed by atoms with Crippen LogP contribution in [0, 0.1) is 6.92 Å². The molecule has 4 nitrogen and oxygen atoms in total. The van der Waals surface area contributed by atoms with Crippen molar-refractivity contribution in [3.8, 4) is 0 Å². The van der Waals surface area contributed by atoms with Crippen LogP contribution in [0.3, 0.4) is 0 Å². The predicted molar refractivity (Wildman–Crippen MR) is 63.2 cm³/mol. The van der Waals surface area contributed by atoms with Crippen molar-refractivity contribution in [2.75, 3.05) is 6.61 Å². The number of aliphatic hydroxyl groups is 1. The molecule has 0 aliphatic heterocycles. The predicted octanol–water partition coefficient (Wildman–Crippen LogP) is 1.08. The van der Waals surface area contributed by atoms with Crippen molar-refractivity contribution in [2.24, 2.45) is 0 Å². The van der Waals surface area contributed by atoms with Crippen molar-refractivity contribution in [2.45, 2.75) is 51.2 Å². The molecule has 1 aliphatic carbocycles. The molecule has 1 atom stereocenters. The summed E-state index contributed by atoms with van der Waals surface area (Å²) in [5.74, 6) is 0. The molecule has 4 heteroatoms. The van der Waals surface area contributed by atoms with Crippen LogP contribution in [0.5, 0.6) is 0 Å². The highest BCUT2D eigenvalue weighted by atomic mass is 16.3. The standard InChI is InChI=1S/C12H21N3O/c1-10-5-7-15(14-10)8-6-12(2,9-16)13-11-3-4-11/h5,7,11,13,16H,3-4,6,8-9H2,1-2H3. The topological polar surface area (TPSA) is 50.1 Å². The second-order valence-corrected chi connectivity index (χ2v) is 5.11. The minimum absolute atomic E-state index is 0.166. The van der Waals surface area contributed by atoms with Crippen LogP contribution in [0.4, 0.5) is 0 Å². The maximum absolute atomic E-state index is 9.45. The Balaban J connectivity index is 1.85. The molecule has 1 aromatic rings. The summed E-state index contributed by atoms with van der Waals surface area (Å²) >= 11 is 0. The van der Waals surface area contributed by atoms with Gasteiger partial charge in [0, 0.05) is 24.3 Å². The third kappa shape index (κ3) is 3.06. The summed E-state index contributed by atoms with van der Waals surface area (Å²) in [5.41, 5.74) is 0.877. The number of hydrogen-bond donors (Lipinski definition) is 2. The monoisotopic (exact) mass is 223 g/mol. The first kappa shape index (κ1) is 11.6. The molecule has 0 radical (unpaired) electrons. The van der Waals surface area contributed by atoms with Gasteiger partial charge in [0.1, 0.15) is 0 Å². The fourth-order valence-electron chi connectivity index (χ4n) is 1.87. The molecule has 1 heterocycles. The molecule has 0 amide bonds. The molecular weight excluding hydrogens is 202 g/mol. The number of nitrogens with zero attached hydrogens (tertiary/aromatic N) is 2. The minimum Gasteiger partial charge on any atom is -0.394 e. The summed E-state index contributed by atoms with van der Waals surface area (Å²) < 4.78 is 1.94. The Kier molecular flexibility index (Phi) is 3.30. The van der Waals surface area contributed by atoms with Gasteiger partial charge < -0.3 is 10.4 Å². The van der Waals surface area contributed by atoms with Crippen LogP contribution in [0.2, 0.25) is 0 Å². The number of nitrogens with one attached hydrogen (secondary N) is 1. The molecule has 0 aromatic carbocycles. The zero-order valence-electron chi connectivity index (χ0n) is 10.1. The maximum Gasteiger partial charge on any atom is 0.0611 e. The van der Waals surface area contributed by atoms with E-state index in [1.807, 2.05) is 23.9 Å². The zero-order valence-corrected chi connectivity index (χ0v) is 10.1. The van der Waals surface area contributed by atoms with Gasteiger partial charge in [0.2, 0.25) is 0 Å². The van der Waals surface area contributed by atoms with E-state index in [0.29, 0.717) is 6.04 Å². The number of aliphatic hydroxyl groups excluding tert-OH is 1. The van der Waals surface area contributed by atoms with E-state index in [0.717, 1.165) is 18.7 Å². The first-order valence-corrected chi connectivity index (χ1v) is 6.00. The zero-order chi connectivity index (χ0) is 11.6. The summed E-state index contributed by atoms with van der Waals surface area (Å²) in [5, 5.41) is 17.3. The van der Waals surface area contributed by atoms with Crippen molar-refractivity contribution < 1.29 is 5.11 Å². The maximum atomic E-state index is 9.45. The summed E-state index contributed by atoms with van der Waals surface area (Å²) in [6.45, 7) is 5.11. The lowest BCUT2D eigenvalue weighted by Gasteiger charge is -2.29. The molecule has 0 spiro atoms. The third-order valence-corrected chi connectivity index (χ3v) is 3.15. The van der Waals surface area contributed by atoms with Gasteiger partial charge in [-0.15, -0.1) is 0 Å². The van der Waals surface area contributed by atoms with E-state index in [9.17, 15) is 5.11 Å². The number of aromatic nitrogens is 2. The van der Waals surface area contributed by atoms with Gasteiger partial charge in [0.15, 0.2) is 0 Å². The fraction of sp³-hybridized carbons (Fsp3) is 0.750. The average molecular weight is 223 g/mol. The fourth-order valence-corrected chi connectivity index (χ4v) is 1.87. The molecule has 16 heavy (non-hydrogen) atoms. The molecule has 1 saturated carbocycles. The van der Waals surface area contributed by atoms with Crippen molar-refractivity contribution in [1.82, 2.24) is 15.1 Å². The van der Waals surface area contributed by atoms with Crippen molar-refractivity contribution in [3.05, 3.63) is 18.0 Å². The first-order valence-electron chi connectivity index (χ1n) is 6.00. The Hall–Kier alpha value is -0.870. The van der Waals surface area contributed by atoms with Crippen LogP contribution in [0.15, 0.2) is 12.3 Å². The highest BCUT2D eigenvalue weighted by molar-refractivity contribution is 4.96. The lowest BCUT2D eigenvalue weighted by Crippen LogP contribution is -2.47. The quantitative estimate of drug-likeness (QED) is 0.759. The van der Waals surface area contributed by atoms with Crippen LogP contribution in [-0.2, 0) is 6.54 Å². The normalized spacial score (nSPS) is 19.7. The second-order valence-electron chi connectivity index (χ2n) is 5.11. The largest absolute Gasteiger partial charge is 0.394 e. The Bertz CT molecular complexity index is 346. The van der Waals surface area contributed by atoms with Gasteiger partial charge in [0.05, 0.1) is 12.3 Å². The van der Waals surface area contributed by atoms with Gasteiger partial charge in [0.25, 0.3) is 0 Å². The van der Waals surface area contributed by atoms with E-state index in [2.05, 4.69) is 17.3 Å². The molecule has 1 aliphatic rings. The molecule has 1 unspecified atom stereocenters. The molecule has 2 N–H and O–H groups in total. The van der Waals surface area contributed by atoms with E-state index in [-0.39, 0.29) is 12.1 Å². The molecular formula is C12H21N3O. The number of aryl methyl sites for hydroxylation is 2. The van der Waals surface area contributed by atoms with Crippen LogP contribution < -0.4 is 5.32 Å². The van der Waals surface area contributed by atoms with Crippen LogP contribution in [0.25, 0.3) is 0 Å². The summed E-state index contributed by atoms with van der Waals surface area (Å²) in [6.07, 6.45) is 5.39. The molecule has 0 saturated heterocycles. The molecule has 90 valence electrons. The Morgan fingerprint density at radius 2 is 2.38 bits per heavy atom. The highest BCUT2D eigenvalue weighted by Crippen LogP contribution is 2.24. The minimum atomic E-state index is -0.166. The summed E-state index contributed by atoms with van der Waals surface area (Å²) in [4.78, 5) is 0. The SMILES string of the molecule is Cc1ccn(CCC(C)(CO)NC2CC2)n1. The Morgan fingerprint density at radius 1 is 1.62 bits per heavy atom. The number of hydrogen-bond acceptors (Lipinski definition) is 3. The van der Waals surface area contributed by atoms with Crippen LogP contribution in [-0.4, -0.2) is 33.1 Å². The molecule has 0 bridgehead atoms. The third-order valence-electron chi connectivity index (χ3n) is 3.15. The summed E-state index contributed by atoms with van der Waals surface area (Å²) in [6, 6.07) is 2.63. The van der Waals surface area contributed by atoms with E-state index >= 15 is 0 Å². The van der Waals surface area contributed by atoms with E-state index < -0.39 is 0 Å². The Morgan fingerprint density at radius 3 is 2.88 bits per heavy atom. The van der Waals surface area contributed by atoms with Gasteiger partial charge in [-0.3, -0.25) is 4.68 Å². The van der Waals surface area contributed by atoms with Gasteiger partial charge in [-0.2, -0.15) is 5.10 Å². The van der Waals surface area contributed by atoms with Gasteiger partial charge in [-0.05, 0) is 39.2 Å².